The zero-order chi connectivity index (χ0) is 13.3. The third-order valence-electron chi connectivity index (χ3n) is 2.44. The summed E-state index contributed by atoms with van der Waals surface area (Å²) in [5.41, 5.74) is 5.48. The average Bonchev–Trinajstić information content (AvgIpc) is 2.86. The summed E-state index contributed by atoms with van der Waals surface area (Å²) in [6.07, 6.45) is 1.16. The largest absolute Gasteiger partial charge is 0.465 e. The van der Waals surface area contributed by atoms with Crippen molar-refractivity contribution >= 4 is 15.8 Å². The number of rotatable bonds is 4. The van der Waals surface area contributed by atoms with Crippen molar-refractivity contribution in [3.63, 3.8) is 0 Å². The fraction of sp³-hybridized carbons (Fsp3) is 0.300. The molecule has 0 amide bonds. The van der Waals surface area contributed by atoms with Gasteiger partial charge in [0.2, 0.25) is 10.0 Å². The topological polar surface area (TPSA) is 114 Å². The summed E-state index contributed by atoms with van der Waals surface area (Å²) >= 11 is 0. The number of nitrogen functional groups attached to an aromatic ring is 1. The zero-order valence-corrected chi connectivity index (χ0v) is 10.8. The van der Waals surface area contributed by atoms with E-state index in [9.17, 15) is 8.42 Å². The Morgan fingerprint density at radius 3 is 2.72 bits per heavy atom. The Labute approximate surface area is 104 Å². The van der Waals surface area contributed by atoms with Gasteiger partial charge in [-0.1, -0.05) is 0 Å². The molecule has 0 fully saturated rings. The van der Waals surface area contributed by atoms with Crippen LogP contribution in [0.5, 0.6) is 0 Å². The Balaban J connectivity index is 2.21. The summed E-state index contributed by atoms with van der Waals surface area (Å²) < 4.78 is 31.8. The molecule has 0 radical (unpaired) electrons. The second kappa shape index (κ2) is 4.46. The first-order chi connectivity index (χ1) is 8.40. The van der Waals surface area contributed by atoms with E-state index in [2.05, 4.69) is 14.9 Å². The Morgan fingerprint density at radius 2 is 2.22 bits per heavy atom. The van der Waals surface area contributed by atoms with Gasteiger partial charge in [-0.2, -0.15) is 5.10 Å². The monoisotopic (exact) mass is 270 g/mol. The van der Waals surface area contributed by atoms with E-state index in [0.717, 1.165) is 12.0 Å². The summed E-state index contributed by atoms with van der Waals surface area (Å²) in [5, 5.41) is 5.96. The van der Waals surface area contributed by atoms with E-state index in [1.807, 2.05) is 0 Å². The van der Waals surface area contributed by atoms with Crippen LogP contribution in [-0.2, 0) is 10.0 Å². The summed E-state index contributed by atoms with van der Waals surface area (Å²) in [5.74, 6) is 1.27. The summed E-state index contributed by atoms with van der Waals surface area (Å²) in [6.45, 7) is 3.48. The van der Waals surface area contributed by atoms with Crippen LogP contribution in [0.1, 0.15) is 24.5 Å². The number of furan rings is 1. The zero-order valence-electron chi connectivity index (χ0n) is 9.97. The highest BCUT2D eigenvalue weighted by molar-refractivity contribution is 7.89. The van der Waals surface area contributed by atoms with Gasteiger partial charge >= 0.3 is 0 Å². The molecule has 2 aromatic rings. The lowest BCUT2D eigenvalue weighted by Gasteiger charge is -2.11. The molecule has 2 aromatic heterocycles. The fourth-order valence-corrected chi connectivity index (χ4v) is 2.77. The van der Waals surface area contributed by atoms with E-state index in [0.29, 0.717) is 5.76 Å². The lowest BCUT2D eigenvalue weighted by molar-refractivity contribution is 0.441. The van der Waals surface area contributed by atoms with E-state index < -0.39 is 16.1 Å². The Bertz CT molecular complexity index is 644. The number of nitrogens with one attached hydrogen (secondary N) is 2. The molecule has 0 aromatic carbocycles. The number of hydrogen-bond acceptors (Lipinski definition) is 5. The van der Waals surface area contributed by atoms with Crippen molar-refractivity contribution in [1.82, 2.24) is 14.9 Å². The molecule has 0 spiro atoms. The molecule has 1 atom stereocenters. The van der Waals surface area contributed by atoms with Crippen molar-refractivity contribution in [2.45, 2.75) is 24.8 Å². The molecule has 0 saturated heterocycles. The standard InChI is InChI=1S/C10H14N4O3S/c1-6-3-4-8(17-6)7(2)14-18(15,16)9-5-12-13-10(9)11/h3-5,7,14H,1-2H3,(H3,11,12,13). The van der Waals surface area contributed by atoms with Crippen molar-refractivity contribution in [3.8, 4) is 0 Å². The minimum absolute atomic E-state index is 0.00493. The highest BCUT2D eigenvalue weighted by atomic mass is 32.2. The van der Waals surface area contributed by atoms with Crippen LogP contribution in [-0.4, -0.2) is 18.6 Å². The molecule has 0 aliphatic heterocycles. The van der Waals surface area contributed by atoms with Gasteiger partial charge in [-0.25, -0.2) is 13.1 Å². The van der Waals surface area contributed by atoms with Crippen molar-refractivity contribution in [2.75, 3.05) is 5.73 Å². The first-order valence-corrected chi connectivity index (χ1v) is 6.76. The number of anilines is 1. The number of nitrogens with two attached hydrogens (primary N) is 1. The van der Waals surface area contributed by atoms with Crippen LogP contribution in [0.25, 0.3) is 0 Å². The SMILES string of the molecule is Cc1ccc(C(C)NS(=O)(=O)c2cn[nH]c2N)o1. The predicted molar refractivity (Wildman–Crippen MR) is 65.2 cm³/mol. The quantitative estimate of drug-likeness (QED) is 0.764. The molecule has 0 bridgehead atoms. The number of aromatic nitrogens is 2. The third kappa shape index (κ3) is 2.39. The smallest absolute Gasteiger partial charge is 0.246 e. The Morgan fingerprint density at radius 1 is 1.50 bits per heavy atom. The number of nitrogens with zero attached hydrogens (tertiary/aromatic N) is 1. The maximum Gasteiger partial charge on any atom is 0.246 e. The van der Waals surface area contributed by atoms with Crippen LogP contribution in [0, 0.1) is 6.92 Å². The highest BCUT2D eigenvalue weighted by Gasteiger charge is 2.23. The van der Waals surface area contributed by atoms with Crippen LogP contribution >= 0.6 is 0 Å². The molecule has 7 nitrogen and oxygen atoms in total. The van der Waals surface area contributed by atoms with Crippen LogP contribution in [0.15, 0.2) is 27.6 Å². The van der Waals surface area contributed by atoms with E-state index >= 15 is 0 Å². The van der Waals surface area contributed by atoms with Gasteiger partial charge in [0.15, 0.2) is 0 Å². The highest BCUT2D eigenvalue weighted by Crippen LogP contribution is 2.20. The Kier molecular flexibility index (Phi) is 3.14. The van der Waals surface area contributed by atoms with Gasteiger partial charge in [0.05, 0.1) is 12.2 Å². The van der Waals surface area contributed by atoms with Gasteiger partial charge < -0.3 is 10.2 Å². The molecular formula is C10H14N4O3S. The molecule has 0 aliphatic carbocycles. The fourth-order valence-electron chi connectivity index (χ4n) is 1.54. The number of sulfonamides is 1. The molecule has 0 saturated carbocycles. The lowest BCUT2D eigenvalue weighted by Crippen LogP contribution is -2.27. The van der Waals surface area contributed by atoms with Gasteiger partial charge in [0.25, 0.3) is 0 Å². The molecule has 1 unspecified atom stereocenters. The van der Waals surface area contributed by atoms with Gasteiger partial charge in [-0.05, 0) is 26.0 Å². The van der Waals surface area contributed by atoms with Gasteiger partial charge in [-0.3, -0.25) is 5.10 Å². The van der Waals surface area contributed by atoms with Gasteiger partial charge in [0, 0.05) is 0 Å². The van der Waals surface area contributed by atoms with Crippen LogP contribution < -0.4 is 10.5 Å². The average molecular weight is 270 g/mol. The molecule has 18 heavy (non-hydrogen) atoms. The Hall–Kier alpha value is -1.80. The van der Waals surface area contributed by atoms with Crippen molar-refractivity contribution < 1.29 is 12.8 Å². The van der Waals surface area contributed by atoms with Crippen molar-refractivity contribution in [2.24, 2.45) is 0 Å². The molecule has 8 heteroatoms. The second-order valence-electron chi connectivity index (χ2n) is 3.94. The minimum Gasteiger partial charge on any atom is -0.465 e. The predicted octanol–water partition coefficient (Wildman–Crippen LogP) is 0.933. The van der Waals surface area contributed by atoms with Crippen molar-refractivity contribution in [1.29, 1.82) is 0 Å². The second-order valence-corrected chi connectivity index (χ2v) is 5.62. The van der Waals surface area contributed by atoms with Crippen LogP contribution in [0.4, 0.5) is 5.82 Å². The normalized spacial score (nSPS) is 13.7. The summed E-state index contributed by atoms with van der Waals surface area (Å²) in [7, 11) is -3.71. The van der Waals surface area contributed by atoms with Gasteiger partial charge in [-0.15, -0.1) is 0 Å². The number of aromatic amines is 1. The molecule has 2 heterocycles. The van der Waals surface area contributed by atoms with Gasteiger partial charge in [0.1, 0.15) is 22.2 Å². The number of aryl methyl sites for hydroxylation is 1. The molecular weight excluding hydrogens is 256 g/mol. The molecule has 2 rings (SSSR count). The summed E-state index contributed by atoms with van der Waals surface area (Å²) in [6, 6.07) is 3.01. The maximum atomic E-state index is 12.0. The van der Waals surface area contributed by atoms with E-state index in [1.165, 1.54) is 0 Å². The van der Waals surface area contributed by atoms with E-state index in [1.54, 1.807) is 26.0 Å². The van der Waals surface area contributed by atoms with Crippen LogP contribution in [0.2, 0.25) is 0 Å². The number of hydrogen-bond donors (Lipinski definition) is 3. The first-order valence-electron chi connectivity index (χ1n) is 5.27. The maximum absolute atomic E-state index is 12.0. The first kappa shape index (κ1) is 12.7. The van der Waals surface area contributed by atoms with E-state index in [4.69, 9.17) is 10.2 Å². The minimum atomic E-state index is -3.71. The van der Waals surface area contributed by atoms with Crippen molar-refractivity contribution in [3.05, 3.63) is 29.9 Å². The number of H-pyrrole nitrogens is 1. The third-order valence-corrected chi connectivity index (χ3v) is 4.01. The van der Waals surface area contributed by atoms with Crippen LogP contribution in [0.3, 0.4) is 0 Å². The molecule has 0 aliphatic rings. The summed E-state index contributed by atoms with van der Waals surface area (Å²) in [4.78, 5) is -0.0716. The molecule has 98 valence electrons. The van der Waals surface area contributed by atoms with E-state index in [-0.39, 0.29) is 10.7 Å². The lowest BCUT2D eigenvalue weighted by atomic mass is 10.3. The molecule has 4 N–H and O–H groups in total.